The minimum absolute atomic E-state index is 0.194. The average molecular weight is 210 g/mol. The highest BCUT2D eigenvalue weighted by atomic mass is 16.2. The lowest BCUT2D eigenvalue weighted by atomic mass is 9.91. The number of rotatable bonds is 2. The van der Waals surface area contributed by atoms with Crippen LogP contribution in [0.25, 0.3) is 0 Å². The van der Waals surface area contributed by atoms with E-state index in [1.807, 2.05) is 0 Å². The first-order valence-corrected chi connectivity index (χ1v) is 6.31. The summed E-state index contributed by atoms with van der Waals surface area (Å²) in [5.74, 6) is 0.473. The van der Waals surface area contributed by atoms with E-state index in [0.717, 1.165) is 19.4 Å². The highest BCUT2D eigenvalue weighted by Gasteiger charge is 2.29. The smallest absolute Gasteiger partial charge is 0.224 e. The highest BCUT2D eigenvalue weighted by molar-refractivity contribution is 5.79. The molecule has 0 aromatic carbocycles. The maximum absolute atomic E-state index is 12.0. The van der Waals surface area contributed by atoms with Crippen molar-refractivity contribution in [3.63, 3.8) is 0 Å². The van der Waals surface area contributed by atoms with E-state index in [1.165, 1.54) is 25.7 Å². The second-order valence-corrected chi connectivity index (χ2v) is 4.98. The van der Waals surface area contributed by atoms with Crippen LogP contribution in [0.5, 0.6) is 0 Å². The maximum atomic E-state index is 12.0. The number of amides is 1. The zero-order chi connectivity index (χ0) is 10.7. The Labute approximate surface area is 92.0 Å². The van der Waals surface area contributed by atoms with E-state index in [-0.39, 0.29) is 11.8 Å². The van der Waals surface area contributed by atoms with Gasteiger partial charge in [-0.1, -0.05) is 12.8 Å². The van der Waals surface area contributed by atoms with Crippen LogP contribution in [0.3, 0.4) is 0 Å². The quantitative estimate of drug-likeness (QED) is 0.724. The molecular formula is C12H22N2O. The van der Waals surface area contributed by atoms with Gasteiger partial charge in [0, 0.05) is 12.1 Å². The Bertz CT molecular complexity index is 224. The molecule has 15 heavy (non-hydrogen) atoms. The lowest BCUT2D eigenvalue weighted by molar-refractivity contribution is -0.127. The molecule has 3 nitrogen and oxygen atoms in total. The molecule has 0 radical (unpaired) electrons. The van der Waals surface area contributed by atoms with Crippen LogP contribution >= 0.6 is 0 Å². The fraction of sp³-hybridized carbons (Fsp3) is 0.917. The predicted molar refractivity (Wildman–Crippen MR) is 60.6 cm³/mol. The van der Waals surface area contributed by atoms with Gasteiger partial charge in [0.15, 0.2) is 0 Å². The van der Waals surface area contributed by atoms with Crippen molar-refractivity contribution in [2.24, 2.45) is 5.92 Å². The van der Waals surface area contributed by atoms with Gasteiger partial charge in [0.25, 0.3) is 0 Å². The van der Waals surface area contributed by atoms with Gasteiger partial charge in [0.05, 0.1) is 5.92 Å². The summed E-state index contributed by atoms with van der Waals surface area (Å²) < 4.78 is 0. The molecule has 2 N–H and O–H groups in total. The topological polar surface area (TPSA) is 41.1 Å². The van der Waals surface area contributed by atoms with E-state index in [9.17, 15) is 4.79 Å². The summed E-state index contributed by atoms with van der Waals surface area (Å²) in [4.78, 5) is 12.0. The third-order valence-corrected chi connectivity index (χ3v) is 3.80. The van der Waals surface area contributed by atoms with Crippen molar-refractivity contribution < 1.29 is 4.79 Å². The minimum atomic E-state index is 0.194. The first-order chi connectivity index (χ1) is 7.27. The molecule has 2 atom stereocenters. The van der Waals surface area contributed by atoms with Crippen LogP contribution < -0.4 is 10.6 Å². The van der Waals surface area contributed by atoms with Crippen molar-refractivity contribution in [3.8, 4) is 0 Å². The van der Waals surface area contributed by atoms with Gasteiger partial charge in [0.1, 0.15) is 0 Å². The third-order valence-electron chi connectivity index (χ3n) is 3.80. The predicted octanol–water partition coefficient (Wildman–Crippen LogP) is 1.43. The van der Waals surface area contributed by atoms with Gasteiger partial charge in [0.2, 0.25) is 5.91 Å². The van der Waals surface area contributed by atoms with Gasteiger partial charge in [-0.2, -0.15) is 0 Å². The van der Waals surface area contributed by atoms with E-state index in [0.29, 0.717) is 12.1 Å². The molecule has 0 bridgehead atoms. The maximum Gasteiger partial charge on any atom is 0.224 e. The van der Waals surface area contributed by atoms with Crippen LogP contribution in [-0.4, -0.2) is 24.5 Å². The number of piperidine rings is 1. The molecule has 1 saturated carbocycles. The molecule has 2 rings (SSSR count). The average Bonchev–Trinajstić information content (AvgIpc) is 2.71. The molecule has 0 aromatic heterocycles. The fourth-order valence-corrected chi connectivity index (χ4v) is 2.78. The van der Waals surface area contributed by atoms with Crippen LogP contribution in [0, 0.1) is 5.92 Å². The van der Waals surface area contributed by atoms with Crippen LogP contribution in [0.15, 0.2) is 0 Å². The van der Waals surface area contributed by atoms with Crippen LogP contribution in [0.2, 0.25) is 0 Å². The Balaban J connectivity index is 1.83. The van der Waals surface area contributed by atoms with Gasteiger partial charge in [-0.05, 0) is 39.2 Å². The molecule has 86 valence electrons. The van der Waals surface area contributed by atoms with Crippen LogP contribution in [0.1, 0.15) is 45.4 Å². The van der Waals surface area contributed by atoms with E-state index in [2.05, 4.69) is 17.6 Å². The molecular weight excluding hydrogens is 188 g/mol. The molecule has 0 aromatic rings. The van der Waals surface area contributed by atoms with E-state index in [1.54, 1.807) is 0 Å². The summed E-state index contributed by atoms with van der Waals surface area (Å²) in [7, 11) is 0. The van der Waals surface area contributed by atoms with Crippen molar-refractivity contribution in [1.29, 1.82) is 0 Å². The highest BCUT2D eigenvalue weighted by Crippen LogP contribution is 2.21. The summed E-state index contributed by atoms with van der Waals surface area (Å²) in [6.07, 6.45) is 7.10. The molecule has 3 heteroatoms. The summed E-state index contributed by atoms with van der Waals surface area (Å²) >= 11 is 0. The first-order valence-electron chi connectivity index (χ1n) is 6.31. The minimum Gasteiger partial charge on any atom is -0.353 e. The molecule has 2 unspecified atom stereocenters. The second kappa shape index (κ2) is 4.97. The van der Waals surface area contributed by atoms with E-state index >= 15 is 0 Å². The monoisotopic (exact) mass is 210 g/mol. The van der Waals surface area contributed by atoms with Crippen molar-refractivity contribution in [1.82, 2.24) is 10.6 Å². The summed E-state index contributed by atoms with van der Waals surface area (Å²) in [5, 5.41) is 6.58. The molecule has 2 fully saturated rings. The Morgan fingerprint density at radius 3 is 2.60 bits per heavy atom. The van der Waals surface area contributed by atoms with Gasteiger partial charge in [-0.3, -0.25) is 4.79 Å². The SMILES string of the molecule is CC1NCCCC1C(=O)NC1CCCC1. The molecule has 1 saturated heterocycles. The fourth-order valence-electron chi connectivity index (χ4n) is 2.78. The molecule has 1 heterocycles. The molecule has 1 amide bonds. The summed E-state index contributed by atoms with van der Waals surface area (Å²) in [6, 6.07) is 0.812. The van der Waals surface area contributed by atoms with E-state index < -0.39 is 0 Å². The molecule has 2 aliphatic rings. The zero-order valence-corrected chi connectivity index (χ0v) is 9.59. The molecule has 0 spiro atoms. The summed E-state index contributed by atoms with van der Waals surface area (Å²) in [5.41, 5.74) is 0. The van der Waals surface area contributed by atoms with E-state index in [4.69, 9.17) is 0 Å². The normalized spacial score (nSPS) is 32.9. The number of hydrogen-bond donors (Lipinski definition) is 2. The zero-order valence-electron chi connectivity index (χ0n) is 9.59. The standard InChI is InChI=1S/C12H22N2O/c1-9-11(7-4-8-13-9)12(15)14-10-5-2-3-6-10/h9-11,13H,2-8H2,1H3,(H,14,15). The van der Waals surface area contributed by atoms with Gasteiger partial charge < -0.3 is 10.6 Å². The third kappa shape index (κ3) is 2.71. The largest absolute Gasteiger partial charge is 0.353 e. The van der Waals surface area contributed by atoms with Crippen LogP contribution in [0.4, 0.5) is 0 Å². The lowest BCUT2D eigenvalue weighted by Crippen LogP contribution is -2.48. The lowest BCUT2D eigenvalue weighted by Gasteiger charge is -2.29. The Morgan fingerprint density at radius 1 is 1.20 bits per heavy atom. The first kappa shape index (κ1) is 10.9. The molecule has 1 aliphatic carbocycles. The Morgan fingerprint density at radius 2 is 1.93 bits per heavy atom. The van der Waals surface area contributed by atoms with Crippen LogP contribution in [-0.2, 0) is 4.79 Å². The number of carbonyl (C=O) groups is 1. The molecule has 1 aliphatic heterocycles. The van der Waals surface area contributed by atoms with Gasteiger partial charge >= 0.3 is 0 Å². The second-order valence-electron chi connectivity index (χ2n) is 4.98. The van der Waals surface area contributed by atoms with Gasteiger partial charge in [-0.25, -0.2) is 0 Å². The van der Waals surface area contributed by atoms with Crippen molar-refractivity contribution in [2.45, 2.75) is 57.5 Å². The van der Waals surface area contributed by atoms with Gasteiger partial charge in [-0.15, -0.1) is 0 Å². The Hall–Kier alpha value is -0.570. The number of carbonyl (C=O) groups excluding carboxylic acids is 1. The summed E-state index contributed by atoms with van der Waals surface area (Å²) in [6.45, 7) is 3.19. The number of nitrogens with one attached hydrogen (secondary N) is 2. The Kier molecular flexibility index (Phi) is 3.62. The number of hydrogen-bond acceptors (Lipinski definition) is 2. The van der Waals surface area contributed by atoms with Crippen molar-refractivity contribution in [3.05, 3.63) is 0 Å². The van der Waals surface area contributed by atoms with Crippen molar-refractivity contribution >= 4 is 5.91 Å². The van der Waals surface area contributed by atoms with Crippen molar-refractivity contribution in [2.75, 3.05) is 6.54 Å².